The highest BCUT2D eigenvalue weighted by atomic mass is 16.5. The Morgan fingerprint density at radius 2 is 2.12 bits per heavy atom. The normalized spacial score (nSPS) is 23.2. The van der Waals surface area contributed by atoms with E-state index in [9.17, 15) is 4.79 Å². The molecule has 2 N–H and O–H groups in total. The minimum absolute atomic E-state index is 0.120. The van der Waals surface area contributed by atoms with Gasteiger partial charge in [0.05, 0.1) is 0 Å². The second-order valence-corrected chi connectivity index (χ2v) is 3.76. The van der Waals surface area contributed by atoms with Gasteiger partial charge in [-0.3, -0.25) is 4.79 Å². The van der Waals surface area contributed by atoms with Gasteiger partial charge >= 0.3 is 5.97 Å². The fourth-order valence-corrected chi connectivity index (χ4v) is 1.80. The largest absolute Gasteiger partial charge is 0.481 e. The second-order valence-electron chi connectivity index (χ2n) is 3.76. The summed E-state index contributed by atoms with van der Waals surface area (Å²) in [6.07, 6.45) is 1.57. The van der Waals surface area contributed by atoms with Crippen LogP contribution in [0.2, 0.25) is 0 Å². The Morgan fingerprint density at radius 3 is 2.62 bits per heavy atom. The highest BCUT2D eigenvalue weighted by molar-refractivity contribution is 5.68. The van der Waals surface area contributed by atoms with Crippen LogP contribution in [0.25, 0.3) is 0 Å². The monoisotopic (exact) mass is 219 g/mol. The van der Waals surface area contributed by atoms with Crippen LogP contribution in [-0.4, -0.2) is 11.1 Å². The van der Waals surface area contributed by atoms with Crippen LogP contribution in [0, 0.1) is 0 Å². The Hall–Kier alpha value is -1.97. The van der Waals surface area contributed by atoms with E-state index < -0.39 is 11.7 Å². The lowest BCUT2D eigenvalue weighted by molar-refractivity contribution is -0.144. The Bertz CT molecular complexity index is 427. The van der Waals surface area contributed by atoms with Crippen molar-refractivity contribution >= 4 is 5.97 Å². The Kier molecular flexibility index (Phi) is 2.56. The number of nitrogens with one attached hydrogen (secondary N) is 1. The molecule has 1 aromatic rings. The third kappa shape index (κ3) is 1.86. The van der Waals surface area contributed by atoms with Gasteiger partial charge in [0.1, 0.15) is 12.2 Å². The van der Waals surface area contributed by atoms with E-state index in [0.29, 0.717) is 5.76 Å². The summed E-state index contributed by atoms with van der Waals surface area (Å²) < 4.78 is 5.61. The molecule has 4 heteroatoms. The van der Waals surface area contributed by atoms with Gasteiger partial charge in [0, 0.05) is 11.8 Å². The zero-order valence-corrected chi connectivity index (χ0v) is 8.93. The second kappa shape index (κ2) is 3.89. The van der Waals surface area contributed by atoms with Gasteiger partial charge in [0.25, 0.3) is 0 Å². The number of aliphatic carboxylic acids is 1. The van der Waals surface area contributed by atoms with Gasteiger partial charge < -0.3 is 15.2 Å². The summed E-state index contributed by atoms with van der Waals surface area (Å²) in [5.74, 6) is -0.218. The van der Waals surface area contributed by atoms with Crippen LogP contribution in [0.1, 0.15) is 18.9 Å². The van der Waals surface area contributed by atoms with Crippen molar-refractivity contribution < 1.29 is 14.6 Å². The molecule has 0 radical (unpaired) electrons. The molecule has 4 nitrogen and oxygen atoms in total. The molecule has 0 aliphatic carbocycles. The van der Waals surface area contributed by atoms with Crippen molar-refractivity contribution in [3.05, 3.63) is 47.9 Å². The SMILES string of the molecule is CC1=CNC(CC(=O)O)(c2ccccc2)O1. The van der Waals surface area contributed by atoms with E-state index in [2.05, 4.69) is 5.32 Å². The molecule has 1 heterocycles. The molecule has 1 aromatic carbocycles. The zero-order chi connectivity index (χ0) is 11.6. The summed E-state index contributed by atoms with van der Waals surface area (Å²) in [7, 11) is 0. The molecule has 2 rings (SSSR count). The van der Waals surface area contributed by atoms with Crippen molar-refractivity contribution in [2.45, 2.75) is 19.1 Å². The first kappa shape index (κ1) is 10.5. The molecule has 0 saturated heterocycles. The van der Waals surface area contributed by atoms with Crippen molar-refractivity contribution in [3.63, 3.8) is 0 Å². The number of carbonyl (C=O) groups is 1. The molecule has 0 aromatic heterocycles. The average Bonchev–Trinajstić information content (AvgIpc) is 2.62. The van der Waals surface area contributed by atoms with Gasteiger partial charge in [-0.05, 0) is 6.92 Å². The van der Waals surface area contributed by atoms with Crippen molar-refractivity contribution in [1.29, 1.82) is 0 Å². The Morgan fingerprint density at radius 1 is 1.44 bits per heavy atom. The molecule has 0 bridgehead atoms. The maximum absolute atomic E-state index is 10.9. The van der Waals surface area contributed by atoms with Gasteiger partial charge in [0.2, 0.25) is 5.72 Å². The lowest BCUT2D eigenvalue weighted by Crippen LogP contribution is -2.39. The summed E-state index contributed by atoms with van der Waals surface area (Å²) in [4.78, 5) is 10.9. The van der Waals surface area contributed by atoms with Gasteiger partial charge in [-0.1, -0.05) is 30.3 Å². The minimum Gasteiger partial charge on any atom is -0.481 e. The molecule has 1 aliphatic rings. The molecule has 84 valence electrons. The number of benzene rings is 1. The van der Waals surface area contributed by atoms with E-state index in [4.69, 9.17) is 9.84 Å². The quantitative estimate of drug-likeness (QED) is 0.813. The molecule has 1 unspecified atom stereocenters. The highest BCUT2D eigenvalue weighted by Gasteiger charge is 2.39. The summed E-state index contributed by atoms with van der Waals surface area (Å²) in [6, 6.07) is 9.30. The van der Waals surface area contributed by atoms with E-state index in [0.717, 1.165) is 5.56 Å². The molecule has 0 fully saturated rings. The van der Waals surface area contributed by atoms with Crippen LogP contribution in [0.15, 0.2) is 42.3 Å². The Labute approximate surface area is 93.5 Å². The molecule has 0 spiro atoms. The van der Waals surface area contributed by atoms with Crippen LogP contribution in [0.5, 0.6) is 0 Å². The van der Waals surface area contributed by atoms with Crippen molar-refractivity contribution in [2.24, 2.45) is 0 Å². The van der Waals surface area contributed by atoms with E-state index in [1.165, 1.54) is 0 Å². The van der Waals surface area contributed by atoms with E-state index >= 15 is 0 Å². The minimum atomic E-state index is -0.961. The fraction of sp³-hybridized carbons (Fsp3) is 0.250. The number of carboxylic acid groups (broad SMARTS) is 1. The van der Waals surface area contributed by atoms with E-state index in [1.807, 2.05) is 30.3 Å². The smallest absolute Gasteiger partial charge is 0.309 e. The molecule has 16 heavy (non-hydrogen) atoms. The predicted molar refractivity (Wildman–Crippen MR) is 58.4 cm³/mol. The molecule has 1 atom stereocenters. The standard InChI is InChI=1S/C12H13NO3/c1-9-8-13-12(16-9,7-11(14)15)10-5-3-2-4-6-10/h2-6,8,13H,7H2,1H3,(H,14,15). The van der Waals surface area contributed by atoms with Crippen molar-refractivity contribution in [1.82, 2.24) is 5.32 Å². The summed E-state index contributed by atoms with van der Waals surface area (Å²) >= 11 is 0. The van der Waals surface area contributed by atoms with Gasteiger partial charge in [-0.2, -0.15) is 0 Å². The van der Waals surface area contributed by atoms with E-state index in [1.54, 1.807) is 13.1 Å². The first-order valence-electron chi connectivity index (χ1n) is 5.03. The third-order valence-electron chi connectivity index (χ3n) is 2.48. The summed E-state index contributed by atoms with van der Waals surface area (Å²) in [5, 5.41) is 11.9. The van der Waals surface area contributed by atoms with Crippen molar-refractivity contribution in [3.8, 4) is 0 Å². The third-order valence-corrected chi connectivity index (χ3v) is 2.48. The molecular formula is C12H13NO3. The van der Waals surface area contributed by atoms with Crippen LogP contribution in [-0.2, 0) is 15.3 Å². The number of ether oxygens (including phenoxy) is 1. The van der Waals surface area contributed by atoms with Gasteiger partial charge in [-0.25, -0.2) is 0 Å². The predicted octanol–water partition coefficient (Wildman–Crippen LogP) is 1.80. The summed E-state index contributed by atoms with van der Waals surface area (Å²) in [5.41, 5.74) is -0.150. The Balaban J connectivity index is 2.33. The van der Waals surface area contributed by atoms with Crippen LogP contribution in [0.3, 0.4) is 0 Å². The molecule has 0 amide bonds. The first-order chi connectivity index (χ1) is 7.62. The topological polar surface area (TPSA) is 58.6 Å². The summed E-state index contributed by atoms with van der Waals surface area (Å²) in [6.45, 7) is 1.79. The van der Waals surface area contributed by atoms with Crippen LogP contribution < -0.4 is 5.32 Å². The zero-order valence-electron chi connectivity index (χ0n) is 8.93. The number of carboxylic acids is 1. The first-order valence-corrected chi connectivity index (χ1v) is 5.03. The number of hydrogen-bond acceptors (Lipinski definition) is 3. The number of rotatable bonds is 3. The molecule has 1 aliphatic heterocycles. The number of hydrogen-bond donors (Lipinski definition) is 2. The maximum Gasteiger partial charge on any atom is 0.309 e. The average molecular weight is 219 g/mol. The maximum atomic E-state index is 10.9. The van der Waals surface area contributed by atoms with Gasteiger partial charge in [-0.15, -0.1) is 0 Å². The molecule has 0 saturated carbocycles. The van der Waals surface area contributed by atoms with Gasteiger partial charge in [0.15, 0.2) is 0 Å². The van der Waals surface area contributed by atoms with Crippen LogP contribution >= 0.6 is 0 Å². The lowest BCUT2D eigenvalue weighted by atomic mass is 9.99. The van der Waals surface area contributed by atoms with E-state index in [-0.39, 0.29) is 6.42 Å². The van der Waals surface area contributed by atoms with Crippen LogP contribution in [0.4, 0.5) is 0 Å². The highest BCUT2D eigenvalue weighted by Crippen LogP contribution is 2.32. The van der Waals surface area contributed by atoms with Crippen molar-refractivity contribution in [2.75, 3.05) is 0 Å². The fourth-order valence-electron chi connectivity index (χ4n) is 1.80. The molecular weight excluding hydrogens is 206 g/mol. The lowest BCUT2D eigenvalue weighted by Gasteiger charge is -2.28. The number of allylic oxidation sites excluding steroid dienone is 1.